The van der Waals surface area contributed by atoms with Crippen LogP contribution in [0.5, 0.6) is 5.75 Å². The Morgan fingerprint density at radius 3 is 2.47 bits per heavy atom. The van der Waals surface area contributed by atoms with Crippen molar-refractivity contribution in [1.82, 2.24) is 4.90 Å². The second-order valence-corrected chi connectivity index (χ2v) is 4.76. The summed E-state index contributed by atoms with van der Waals surface area (Å²) in [6.07, 6.45) is 1.83. The summed E-state index contributed by atoms with van der Waals surface area (Å²) in [4.78, 5) is 14.0. The zero-order valence-electron chi connectivity index (χ0n) is 12.1. The molecule has 0 aliphatic carbocycles. The summed E-state index contributed by atoms with van der Waals surface area (Å²) in [6.45, 7) is 3.09. The zero-order valence-corrected chi connectivity index (χ0v) is 12.1. The van der Waals surface area contributed by atoms with E-state index in [9.17, 15) is 4.79 Å². The van der Waals surface area contributed by atoms with Crippen molar-refractivity contribution in [2.75, 3.05) is 20.7 Å². The molecule has 0 fully saturated rings. The van der Waals surface area contributed by atoms with Crippen LogP contribution in [0.1, 0.15) is 25.3 Å². The minimum atomic E-state index is -0.0618. The molecule has 1 rings (SSSR count). The highest BCUT2D eigenvalue weighted by Gasteiger charge is 2.19. The molecular formula is C15H24N2O2. The number of nitrogens with zero attached hydrogens (tertiary/aromatic N) is 1. The average molecular weight is 264 g/mol. The number of hydrogen-bond acceptors (Lipinski definition) is 3. The SMILES string of the molecule is CCCC(CN)C(=O)N(C)Cc1ccc(OC)cc1. The zero-order chi connectivity index (χ0) is 14.3. The second-order valence-electron chi connectivity index (χ2n) is 4.76. The number of rotatable bonds is 7. The lowest BCUT2D eigenvalue weighted by Gasteiger charge is -2.22. The molecule has 19 heavy (non-hydrogen) atoms. The summed E-state index contributed by atoms with van der Waals surface area (Å²) in [6, 6.07) is 7.75. The van der Waals surface area contributed by atoms with Gasteiger partial charge in [0.1, 0.15) is 5.75 Å². The Kier molecular flexibility index (Phi) is 6.36. The van der Waals surface area contributed by atoms with Gasteiger partial charge < -0.3 is 15.4 Å². The van der Waals surface area contributed by atoms with E-state index in [1.165, 1.54) is 0 Å². The fraction of sp³-hybridized carbons (Fsp3) is 0.533. The minimum Gasteiger partial charge on any atom is -0.497 e. The second kappa shape index (κ2) is 7.79. The third-order valence-corrected chi connectivity index (χ3v) is 3.23. The lowest BCUT2D eigenvalue weighted by Crippen LogP contribution is -2.36. The smallest absolute Gasteiger partial charge is 0.226 e. The molecule has 0 saturated carbocycles. The first-order valence-electron chi connectivity index (χ1n) is 6.70. The van der Waals surface area contributed by atoms with E-state index in [0.717, 1.165) is 24.2 Å². The monoisotopic (exact) mass is 264 g/mol. The van der Waals surface area contributed by atoms with Gasteiger partial charge in [-0.05, 0) is 24.1 Å². The Morgan fingerprint density at radius 1 is 1.37 bits per heavy atom. The van der Waals surface area contributed by atoms with E-state index in [4.69, 9.17) is 10.5 Å². The van der Waals surface area contributed by atoms with Gasteiger partial charge in [-0.1, -0.05) is 25.5 Å². The van der Waals surface area contributed by atoms with E-state index in [2.05, 4.69) is 6.92 Å². The normalized spacial score (nSPS) is 12.0. The van der Waals surface area contributed by atoms with Crippen molar-refractivity contribution in [2.24, 2.45) is 11.7 Å². The predicted octanol–water partition coefficient (Wildman–Crippen LogP) is 2.03. The van der Waals surface area contributed by atoms with Gasteiger partial charge in [-0.2, -0.15) is 0 Å². The Labute approximate surface area is 115 Å². The lowest BCUT2D eigenvalue weighted by atomic mass is 10.0. The number of carbonyl (C=O) groups is 1. The van der Waals surface area contributed by atoms with Crippen LogP contribution in [0, 0.1) is 5.92 Å². The van der Waals surface area contributed by atoms with Crippen molar-refractivity contribution >= 4 is 5.91 Å². The summed E-state index contributed by atoms with van der Waals surface area (Å²) in [5.41, 5.74) is 6.75. The molecule has 1 aromatic rings. The van der Waals surface area contributed by atoms with Crippen LogP contribution < -0.4 is 10.5 Å². The molecule has 1 atom stereocenters. The van der Waals surface area contributed by atoms with Crippen LogP contribution in [0.4, 0.5) is 0 Å². The molecule has 0 radical (unpaired) electrons. The molecule has 0 aliphatic rings. The fourth-order valence-electron chi connectivity index (χ4n) is 2.09. The molecule has 0 aromatic heterocycles. The number of benzene rings is 1. The summed E-state index contributed by atoms with van der Waals surface area (Å²) in [5, 5.41) is 0. The molecule has 0 spiro atoms. The Morgan fingerprint density at radius 2 is 2.00 bits per heavy atom. The number of carbonyl (C=O) groups excluding carboxylic acids is 1. The maximum Gasteiger partial charge on any atom is 0.226 e. The molecular weight excluding hydrogens is 240 g/mol. The van der Waals surface area contributed by atoms with E-state index in [-0.39, 0.29) is 11.8 Å². The van der Waals surface area contributed by atoms with Crippen molar-refractivity contribution in [1.29, 1.82) is 0 Å². The van der Waals surface area contributed by atoms with E-state index in [1.54, 1.807) is 12.0 Å². The number of ether oxygens (including phenoxy) is 1. The highest BCUT2D eigenvalue weighted by atomic mass is 16.5. The summed E-state index contributed by atoms with van der Waals surface area (Å²) in [7, 11) is 3.46. The van der Waals surface area contributed by atoms with Crippen LogP contribution in [-0.4, -0.2) is 31.5 Å². The molecule has 0 aliphatic heterocycles. The van der Waals surface area contributed by atoms with Gasteiger partial charge >= 0.3 is 0 Å². The van der Waals surface area contributed by atoms with Crippen LogP contribution >= 0.6 is 0 Å². The largest absolute Gasteiger partial charge is 0.497 e. The first-order valence-corrected chi connectivity index (χ1v) is 6.70. The molecule has 2 N–H and O–H groups in total. The molecule has 1 unspecified atom stereocenters. The highest BCUT2D eigenvalue weighted by Crippen LogP contribution is 2.14. The van der Waals surface area contributed by atoms with Crippen molar-refractivity contribution in [3.63, 3.8) is 0 Å². The maximum absolute atomic E-state index is 12.2. The molecule has 1 aromatic carbocycles. The van der Waals surface area contributed by atoms with Gasteiger partial charge in [0.25, 0.3) is 0 Å². The van der Waals surface area contributed by atoms with Gasteiger partial charge in [0.05, 0.1) is 13.0 Å². The minimum absolute atomic E-state index is 0.0618. The predicted molar refractivity (Wildman–Crippen MR) is 76.9 cm³/mol. The molecule has 4 heteroatoms. The van der Waals surface area contributed by atoms with Gasteiger partial charge in [0.15, 0.2) is 0 Å². The van der Waals surface area contributed by atoms with Gasteiger partial charge in [-0.3, -0.25) is 4.79 Å². The number of hydrogen-bond donors (Lipinski definition) is 1. The number of amides is 1. The first kappa shape index (κ1) is 15.5. The standard InChI is InChI=1S/C15H24N2O2/c1-4-5-13(10-16)15(18)17(2)11-12-6-8-14(19-3)9-7-12/h6-9,13H,4-5,10-11,16H2,1-3H3. The summed E-state index contributed by atoms with van der Waals surface area (Å²) in [5.74, 6) is 0.886. The maximum atomic E-state index is 12.2. The van der Waals surface area contributed by atoms with Gasteiger partial charge in [0, 0.05) is 20.1 Å². The lowest BCUT2D eigenvalue weighted by molar-refractivity contribution is -0.134. The van der Waals surface area contributed by atoms with Crippen molar-refractivity contribution < 1.29 is 9.53 Å². The van der Waals surface area contributed by atoms with Gasteiger partial charge in [-0.25, -0.2) is 0 Å². The van der Waals surface area contributed by atoms with Crippen LogP contribution in [0.25, 0.3) is 0 Å². The van der Waals surface area contributed by atoms with E-state index in [0.29, 0.717) is 13.1 Å². The van der Waals surface area contributed by atoms with Gasteiger partial charge in [0.2, 0.25) is 5.91 Å². The summed E-state index contributed by atoms with van der Waals surface area (Å²) >= 11 is 0. The van der Waals surface area contributed by atoms with Crippen molar-refractivity contribution in [3.05, 3.63) is 29.8 Å². The van der Waals surface area contributed by atoms with E-state index >= 15 is 0 Å². The Bertz CT molecular complexity index is 390. The van der Waals surface area contributed by atoms with Crippen molar-refractivity contribution in [2.45, 2.75) is 26.3 Å². The fourth-order valence-corrected chi connectivity index (χ4v) is 2.09. The van der Waals surface area contributed by atoms with Crippen LogP contribution in [0.2, 0.25) is 0 Å². The molecule has 1 amide bonds. The first-order chi connectivity index (χ1) is 9.12. The van der Waals surface area contributed by atoms with E-state index in [1.807, 2.05) is 31.3 Å². The number of methoxy groups -OCH3 is 1. The topological polar surface area (TPSA) is 55.6 Å². The van der Waals surface area contributed by atoms with Crippen LogP contribution in [-0.2, 0) is 11.3 Å². The molecule has 0 bridgehead atoms. The summed E-state index contributed by atoms with van der Waals surface area (Å²) < 4.78 is 5.11. The molecule has 106 valence electrons. The van der Waals surface area contributed by atoms with Gasteiger partial charge in [-0.15, -0.1) is 0 Å². The van der Waals surface area contributed by atoms with Crippen LogP contribution in [0.15, 0.2) is 24.3 Å². The number of nitrogens with two attached hydrogens (primary N) is 1. The third-order valence-electron chi connectivity index (χ3n) is 3.23. The van der Waals surface area contributed by atoms with E-state index < -0.39 is 0 Å². The average Bonchev–Trinajstić information content (AvgIpc) is 2.44. The molecule has 0 heterocycles. The molecule has 4 nitrogen and oxygen atoms in total. The Hall–Kier alpha value is -1.55. The van der Waals surface area contributed by atoms with Crippen molar-refractivity contribution in [3.8, 4) is 5.75 Å². The van der Waals surface area contributed by atoms with Crippen LogP contribution in [0.3, 0.4) is 0 Å². The third kappa shape index (κ3) is 4.56. The molecule has 0 saturated heterocycles. The highest BCUT2D eigenvalue weighted by molar-refractivity contribution is 5.78. The Balaban J connectivity index is 2.61. The quantitative estimate of drug-likeness (QED) is 0.820.